The number of amides is 1. The average molecular weight is 417 g/mol. The Kier molecular flexibility index (Phi) is 4.55. The van der Waals surface area contributed by atoms with Crippen LogP contribution in [0, 0.1) is 23.2 Å². The lowest BCUT2D eigenvalue weighted by molar-refractivity contribution is 0.0757. The van der Waals surface area contributed by atoms with E-state index in [-0.39, 0.29) is 17.3 Å². The van der Waals surface area contributed by atoms with Gasteiger partial charge in [0.15, 0.2) is 6.19 Å². The molecule has 156 valence electrons. The summed E-state index contributed by atoms with van der Waals surface area (Å²) in [7, 11) is 0. The predicted molar refractivity (Wildman–Crippen MR) is 112 cm³/mol. The third kappa shape index (κ3) is 3.46. The number of fused-ring (bicyclic) bond motifs is 1. The molecule has 2 fully saturated rings. The average Bonchev–Trinajstić information content (AvgIpc) is 3.35. The van der Waals surface area contributed by atoms with E-state index in [0.29, 0.717) is 36.0 Å². The lowest BCUT2D eigenvalue weighted by Gasteiger charge is -2.44. The Labute approximate surface area is 178 Å². The summed E-state index contributed by atoms with van der Waals surface area (Å²) in [6, 6.07) is 9.52. The Morgan fingerprint density at radius 3 is 2.90 bits per heavy atom. The van der Waals surface area contributed by atoms with E-state index < -0.39 is 0 Å². The van der Waals surface area contributed by atoms with Gasteiger partial charge in [0.05, 0.1) is 23.5 Å². The molecule has 2 atom stereocenters. The molecule has 2 aliphatic rings. The van der Waals surface area contributed by atoms with Gasteiger partial charge in [-0.05, 0) is 49.2 Å². The Hall–Kier alpha value is -3.93. The Balaban J connectivity index is 1.35. The zero-order valence-corrected chi connectivity index (χ0v) is 16.6. The monoisotopic (exact) mass is 417 g/mol. The first-order chi connectivity index (χ1) is 15.1. The number of pyridine rings is 1. The highest BCUT2D eigenvalue weighted by atomic mass is 19.1. The van der Waals surface area contributed by atoms with Crippen molar-refractivity contribution in [1.29, 1.82) is 5.26 Å². The number of carbonyl (C=O) groups excluding carboxylic acids is 1. The number of H-pyrrole nitrogens is 1. The molecule has 1 aliphatic carbocycles. The second-order valence-electron chi connectivity index (χ2n) is 8.05. The number of hydrogen-bond acceptors (Lipinski definition) is 6. The van der Waals surface area contributed by atoms with E-state index in [9.17, 15) is 14.4 Å². The van der Waals surface area contributed by atoms with Crippen molar-refractivity contribution in [2.24, 2.45) is 5.92 Å². The minimum absolute atomic E-state index is 0.236. The number of likely N-dealkylation sites (tertiary alicyclic amines) is 1. The van der Waals surface area contributed by atoms with E-state index in [1.54, 1.807) is 41.6 Å². The number of aromatic amines is 1. The second kappa shape index (κ2) is 7.40. The molecule has 0 bridgehead atoms. The quantitative estimate of drug-likeness (QED) is 0.551. The number of benzene rings is 1. The van der Waals surface area contributed by atoms with E-state index in [1.807, 2.05) is 0 Å². The van der Waals surface area contributed by atoms with Crippen LogP contribution in [-0.4, -0.2) is 44.6 Å². The molecule has 1 unspecified atom stereocenters. The van der Waals surface area contributed by atoms with Crippen molar-refractivity contribution in [1.82, 2.24) is 25.4 Å². The fraction of sp³-hybridized carbons (Fsp3) is 0.273. The topological polar surface area (TPSA) is 110 Å². The van der Waals surface area contributed by atoms with Crippen molar-refractivity contribution in [3.63, 3.8) is 0 Å². The number of carbonyl (C=O) groups is 1. The van der Waals surface area contributed by atoms with E-state index in [4.69, 9.17) is 0 Å². The molecular weight excluding hydrogens is 397 g/mol. The van der Waals surface area contributed by atoms with Crippen LogP contribution in [0.25, 0.3) is 11.3 Å². The molecule has 5 rings (SSSR count). The van der Waals surface area contributed by atoms with Gasteiger partial charge >= 0.3 is 0 Å². The minimum Gasteiger partial charge on any atom is -0.355 e. The molecule has 3 aromatic rings. The molecular formula is C22H20FN7O. The number of aromatic nitrogens is 3. The van der Waals surface area contributed by atoms with Crippen LogP contribution in [0.4, 0.5) is 15.8 Å². The first-order valence-corrected chi connectivity index (χ1v) is 10.1. The zero-order chi connectivity index (χ0) is 21.4. The van der Waals surface area contributed by atoms with Gasteiger partial charge in [0.2, 0.25) is 0 Å². The highest BCUT2D eigenvalue weighted by molar-refractivity contribution is 5.94. The molecule has 1 aromatic carbocycles. The van der Waals surface area contributed by atoms with E-state index in [1.165, 1.54) is 12.1 Å². The van der Waals surface area contributed by atoms with Crippen molar-refractivity contribution in [3.8, 4) is 17.5 Å². The number of rotatable bonds is 5. The van der Waals surface area contributed by atoms with Crippen molar-refractivity contribution >= 4 is 17.3 Å². The molecule has 8 nitrogen and oxygen atoms in total. The number of nitriles is 1. The molecule has 1 saturated carbocycles. The molecule has 0 radical (unpaired) electrons. The lowest BCUT2D eigenvalue weighted by Crippen LogP contribution is -2.60. The smallest absolute Gasteiger partial charge is 0.269 e. The molecule has 9 heteroatoms. The molecule has 2 aromatic heterocycles. The minimum atomic E-state index is -0.332. The van der Waals surface area contributed by atoms with Gasteiger partial charge < -0.3 is 15.5 Å². The van der Waals surface area contributed by atoms with Crippen LogP contribution >= 0.6 is 0 Å². The Bertz CT molecular complexity index is 1170. The molecule has 3 N–H and O–H groups in total. The van der Waals surface area contributed by atoms with Gasteiger partial charge in [0.25, 0.3) is 5.91 Å². The maximum atomic E-state index is 13.2. The van der Waals surface area contributed by atoms with Crippen LogP contribution in [0.15, 0.2) is 48.8 Å². The van der Waals surface area contributed by atoms with Gasteiger partial charge in [-0.25, -0.2) is 4.39 Å². The van der Waals surface area contributed by atoms with Crippen molar-refractivity contribution in [2.45, 2.75) is 18.4 Å². The lowest BCUT2D eigenvalue weighted by atomic mass is 9.69. The third-order valence-corrected chi connectivity index (χ3v) is 6.18. The fourth-order valence-electron chi connectivity index (χ4n) is 4.39. The largest absolute Gasteiger partial charge is 0.355 e. The van der Waals surface area contributed by atoms with Crippen molar-refractivity contribution in [2.75, 3.05) is 18.4 Å². The SMILES string of the molecule is N#CN1CC2CC[C@]2(NC(=O)c2cc(-c3cnccc3Nc3ccc(F)cc3)n[nH]2)C1. The molecule has 1 amide bonds. The van der Waals surface area contributed by atoms with Gasteiger partial charge in [-0.1, -0.05) is 0 Å². The number of hydrogen-bond donors (Lipinski definition) is 3. The normalized spacial score (nSPS) is 21.7. The molecule has 0 spiro atoms. The summed E-state index contributed by atoms with van der Waals surface area (Å²) in [5, 5.41) is 22.7. The van der Waals surface area contributed by atoms with E-state index in [2.05, 4.69) is 32.0 Å². The Morgan fingerprint density at radius 2 is 2.16 bits per heavy atom. The maximum absolute atomic E-state index is 13.2. The van der Waals surface area contributed by atoms with Crippen LogP contribution in [-0.2, 0) is 0 Å². The third-order valence-electron chi connectivity index (χ3n) is 6.18. The summed E-state index contributed by atoms with van der Waals surface area (Å²) < 4.78 is 13.2. The van der Waals surface area contributed by atoms with Gasteiger partial charge in [-0.15, -0.1) is 0 Å². The van der Waals surface area contributed by atoms with Gasteiger partial charge in [-0.3, -0.25) is 14.9 Å². The second-order valence-corrected chi connectivity index (χ2v) is 8.05. The maximum Gasteiger partial charge on any atom is 0.269 e. The van der Waals surface area contributed by atoms with Crippen LogP contribution in [0.2, 0.25) is 0 Å². The Morgan fingerprint density at radius 1 is 1.32 bits per heavy atom. The summed E-state index contributed by atoms with van der Waals surface area (Å²) in [6.07, 6.45) is 7.38. The number of nitrogens with zero attached hydrogens (tertiary/aromatic N) is 4. The number of halogens is 1. The summed E-state index contributed by atoms with van der Waals surface area (Å²) in [4.78, 5) is 18.8. The molecule has 1 saturated heterocycles. The van der Waals surface area contributed by atoms with Crippen LogP contribution in [0.3, 0.4) is 0 Å². The number of anilines is 2. The van der Waals surface area contributed by atoms with Crippen LogP contribution < -0.4 is 10.6 Å². The summed E-state index contributed by atoms with van der Waals surface area (Å²) in [6.45, 7) is 1.24. The standard InChI is InChI=1S/C22H20FN7O/c23-15-1-3-16(4-2-15)26-18-6-8-25-10-17(18)19-9-20(29-28-19)21(31)27-22-7-5-14(22)11-30(12-22)13-24/h1-4,6,8-10,14H,5,7,11-12H2,(H,25,26)(H,27,31)(H,28,29)/t14?,22-/m0/s1. The first-order valence-electron chi connectivity index (χ1n) is 10.1. The molecule has 31 heavy (non-hydrogen) atoms. The van der Waals surface area contributed by atoms with Gasteiger partial charge in [0.1, 0.15) is 11.5 Å². The highest BCUT2D eigenvalue weighted by Gasteiger charge is 2.54. The van der Waals surface area contributed by atoms with E-state index in [0.717, 1.165) is 24.2 Å². The first kappa shape index (κ1) is 19.1. The van der Waals surface area contributed by atoms with Gasteiger partial charge in [0, 0.05) is 36.1 Å². The summed E-state index contributed by atoms with van der Waals surface area (Å²) in [5.74, 6) is -0.236. The van der Waals surface area contributed by atoms with Crippen molar-refractivity contribution < 1.29 is 9.18 Å². The van der Waals surface area contributed by atoms with E-state index >= 15 is 0 Å². The van der Waals surface area contributed by atoms with Crippen LogP contribution in [0.5, 0.6) is 0 Å². The van der Waals surface area contributed by atoms with Crippen molar-refractivity contribution in [3.05, 3.63) is 60.3 Å². The zero-order valence-electron chi connectivity index (χ0n) is 16.6. The predicted octanol–water partition coefficient (Wildman–Crippen LogP) is 3.03. The fourth-order valence-corrected chi connectivity index (χ4v) is 4.39. The molecule has 1 aliphatic heterocycles. The summed E-state index contributed by atoms with van der Waals surface area (Å²) >= 11 is 0. The highest BCUT2D eigenvalue weighted by Crippen LogP contribution is 2.44. The van der Waals surface area contributed by atoms with Crippen LogP contribution in [0.1, 0.15) is 23.3 Å². The number of nitrogens with one attached hydrogen (secondary N) is 3. The summed E-state index contributed by atoms with van der Waals surface area (Å²) in [5.41, 5.74) is 2.75. The van der Waals surface area contributed by atoms with Gasteiger partial charge in [-0.2, -0.15) is 10.4 Å². The molecule has 3 heterocycles.